The fourth-order valence-corrected chi connectivity index (χ4v) is 6.37. The number of hydrogen-bond acceptors (Lipinski definition) is 5. The van der Waals surface area contributed by atoms with E-state index in [1.54, 1.807) is 23.1 Å². The van der Waals surface area contributed by atoms with E-state index in [9.17, 15) is 28.7 Å². The van der Waals surface area contributed by atoms with Crippen LogP contribution in [0.1, 0.15) is 67.2 Å². The first-order chi connectivity index (χ1) is 19.8. The molecule has 0 spiro atoms. The number of ether oxygens (including phenoxy) is 1. The van der Waals surface area contributed by atoms with Gasteiger partial charge in [0.05, 0.1) is 0 Å². The molecule has 2 aliphatic heterocycles. The Morgan fingerprint density at radius 2 is 1.71 bits per heavy atom. The molecule has 2 fully saturated rings. The summed E-state index contributed by atoms with van der Waals surface area (Å²) in [6.45, 7) is 1.49. The Balaban J connectivity index is 1.06. The van der Waals surface area contributed by atoms with Crippen molar-refractivity contribution in [2.75, 3.05) is 13.1 Å². The molecule has 2 heterocycles. The topological polar surface area (TPSA) is 104 Å². The minimum Gasteiger partial charge on any atom is -0.480 e. The SMILES string of the molecule is O=C(Cc1ccc2c(c1)CCN(C(=O)OC1CCC(CC(=O)N3CCCC3C(=O)O)CC1)C2)Cc1ccccc1F. The van der Waals surface area contributed by atoms with Crippen molar-refractivity contribution >= 4 is 23.8 Å². The molecule has 2 amide bonds. The lowest BCUT2D eigenvalue weighted by atomic mass is 9.85. The van der Waals surface area contributed by atoms with Gasteiger partial charge in [-0.1, -0.05) is 36.4 Å². The zero-order valence-electron chi connectivity index (χ0n) is 23.2. The van der Waals surface area contributed by atoms with Gasteiger partial charge in [0, 0.05) is 38.9 Å². The number of nitrogens with zero attached hydrogens (tertiary/aromatic N) is 2. The number of benzene rings is 2. The summed E-state index contributed by atoms with van der Waals surface area (Å²) in [5.74, 6) is -1.24. The van der Waals surface area contributed by atoms with Crippen molar-refractivity contribution in [2.45, 2.75) is 82.9 Å². The third-order valence-corrected chi connectivity index (χ3v) is 8.67. The number of ketones is 1. The van der Waals surface area contributed by atoms with E-state index in [1.165, 1.54) is 11.0 Å². The van der Waals surface area contributed by atoms with Crippen LogP contribution in [0.5, 0.6) is 0 Å². The molecule has 9 heteroatoms. The summed E-state index contributed by atoms with van der Waals surface area (Å²) in [7, 11) is 0. The summed E-state index contributed by atoms with van der Waals surface area (Å²) in [5.41, 5.74) is 3.43. The van der Waals surface area contributed by atoms with Crippen LogP contribution in [0, 0.1) is 11.7 Å². The Morgan fingerprint density at radius 3 is 2.46 bits per heavy atom. The van der Waals surface area contributed by atoms with Crippen LogP contribution in [0.15, 0.2) is 42.5 Å². The molecular formula is C32H37FN2O6. The van der Waals surface area contributed by atoms with Crippen LogP contribution in [-0.2, 0) is 44.9 Å². The minimum absolute atomic E-state index is 0.0457. The van der Waals surface area contributed by atoms with Crippen molar-refractivity contribution in [2.24, 2.45) is 5.92 Å². The second-order valence-corrected chi connectivity index (χ2v) is 11.6. The third kappa shape index (κ3) is 7.13. The zero-order valence-corrected chi connectivity index (χ0v) is 23.2. The van der Waals surface area contributed by atoms with Crippen molar-refractivity contribution in [1.82, 2.24) is 9.80 Å². The molecule has 3 aliphatic rings. The number of rotatable bonds is 8. The van der Waals surface area contributed by atoms with Crippen LogP contribution in [0.4, 0.5) is 9.18 Å². The van der Waals surface area contributed by atoms with Crippen molar-refractivity contribution < 1.29 is 33.4 Å². The Morgan fingerprint density at radius 1 is 0.927 bits per heavy atom. The molecule has 1 unspecified atom stereocenters. The quantitative estimate of drug-likeness (QED) is 0.499. The molecular weight excluding hydrogens is 527 g/mol. The molecule has 0 bridgehead atoms. The number of carbonyl (C=O) groups is 4. The zero-order chi connectivity index (χ0) is 28.9. The van der Waals surface area contributed by atoms with Gasteiger partial charge in [0.25, 0.3) is 0 Å². The molecule has 41 heavy (non-hydrogen) atoms. The van der Waals surface area contributed by atoms with Crippen LogP contribution < -0.4 is 0 Å². The highest BCUT2D eigenvalue weighted by atomic mass is 19.1. The number of halogens is 1. The number of aliphatic carboxylic acids is 1. The van der Waals surface area contributed by atoms with E-state index in [1.807, 2.05) is 18.2 Å². The molecule has 218 valence electrons. The number of likely N-dealkylation sites (tertiary alicyclic amines) is 1. The van der Waals surface area contributed by atoms with Crippen LogP contribution in [0.25, 0.3) is 0 Å². The van der Waals surface area contributed by atoms with Gasteiger partial charge in [-0.15, -0.1) is 0 Å². The van der Waals surface area contributed by atoms with Gasteiger partial charge in [-0.25, -0.2) is 14.0 Å². The lowest BCUT2D eigenvalue weighted by Crippen LogP contribution is -2.41. The molecule has 0 radical (unpaired) electrons. The lowest BCUT2D eigenvalue weighted by Gasteiger charge is -2.33. The number of hydrogen-bond donors (Lipinski definition) is 1. The molecule has 1 saturated carbocycles. The summed E-state index contributed by atoms with van der Waals surface area (Å²) in [5, 5.41) is 9.35. The predicted molar refractivity (Wildman–Crippen MR) is 149 cm³/mol. The maximum absolute atomic E-state index is 13.9. The molecule has 8 nitrogen and oxygen atoms in total. The van der Waals surface area contributed by atoms with Gasteiger partial charge < -0.3 is 19.6 Å². The van der Waals surface area contributed by atoms with E-state index in [4.69, 9.17) is 4.74 Å². The van der Waals surface area contributed by atoms with Gasteiger partial charge in [0.15, 0.2) is 0 Å². The highest BCUT2D eigenvalue weighted by Gasteiger charge is 2.36. The van der Waals surface area contributed by atoms with E-state index in [0.29, 0.717) is 57.3 Å². The van der Waals surface area contributed by atoms with Gasteiger partial charge >= 0.3 is 12.1 Å². The largest absolute Gasteiger partial charge is 0.480 e. The van der Waals surface area contributed by atoms with E-state index in [-0.39, 0.29) is 48.5 Å². The van der Waals surface area contributed by atoms with Crippen molar-refractivity contribution in [3.05, 3.63) is 70.5 Å². The monoisotopic (exact) mass is 564 g/mol. The van der Waals surface area contributed by atoms with Gasteiger partial charge in [0.1, 0.15) is 23.7 Å². The first kappa shape index (κ1) is 28.8. The summed E-state index contributed by atoms with van der Waals surface area (Å²) >= 11 is 0. The highest BCUT2D eigenvalue weighted by Crippen LogP contribution is 2.31. The molecule has 1 saturated heterocycles. The average molecular weight is 565 g/mol. The highest BCUT2D eigenvalue weighted by molar-refractivity contribution is 5.84. The summed E-state index contributed by atoms with van der Waals surface area (Å²) in [6, 6.07) is 11.5. The summed E-state index contributed by atoms with van der Waals surface area (Å²) in [6.07, 6.45) is 4.98. The Kier molecular flexibility index (Phi) is 9.00. The first-order valence-electron chi connectivity index (χ1n) is 14.6. The van der Waals surface area contributed by atoms with Crippen molar-refractivity contribution in [1.29, 1.82) is 0 Å². The maximum Gasteiger partial charge on any atom is 0.410 e. The van der Waals surface area contributed by atoms with Crippen LogP contribution in [0.2, 0.25) is 0 Å². The fraction of sp³-hybridized carbons (Fsp3) is 0.500. The molecule has 2 aromatic rings. The Hall–Kier alpha value is -3.75. The number of fused-ring (bicyclic) bond motifs is 1. The number of carboxylic acid groups (broad SMARTS) is 1. The number of Topliss-reactive ketones (excluding diaryl/α,β-unsaturated/α-hetero) is 1. The smallest absolute Gasteiger partial charge is 0.410 e. The lowest BCUT2D eigenvalue weighted by molar-refractivity contribution is -0.148. The Bertz CT molecular complexity index is 1300. The third-order valence-electron chi connectivity index (χ3n) is 8.67. The molecule has 1 aliphatic carbocycles. The van der Waals surface area contributed by atoms with E-state index >= 15 is 0 Å². The van der Waals surface area contributed by atoms with Gasteiger partial charge in [0.2, 0.25) is 5.91 Å². The molecule has 1 N–H and O–H groups in total. The average Bonchev–Trinajstić information content (AvgIpc) is 3.46. The standard InChI is InChI=1S/C32H37FN2O6/c33-28-5-2-1-4-24(28)19-26(36)17-22-7-10-25-20-34(15-13-23(25)16-22)32(40)41-27-11-8-21(9-12-27)18-30(37)35-14-3-6-29(35)31(38)39/h1-2,4-5,7,10,16,21,27,29H,3,6,8-9,11-15,17-20H2,(H,38,39). The van der Waals surface area contributed by atoms with Gasteiger partial charge in [-0.3, -0.25) is 9.59 Å². The van der Waals surface area contributed by atoms with Gasteiger partial charge in [-0.2, -0.15) is 0 Å². The predicted octanol–water partition coefficient (Wildman–Crippen LogP) is 4.70. The molecule has 5 rings (SSSR count). The van der Waals surface area contributed by atoms with Crippen LogP contribution >= 0.6 is 0 Å². The van der Waals surface area contributed by atoms with Crippen molar-refractivity contribution in [3.63, 3.8) is 0 Å². The number of carbonyl (C=O) groups excluding carboxylic acids is 3. The second-order valence-electron chi connectivity index (χ2n) is 11.6. The number of carboxylic acids is 1. The summed E-state index contributed by atoms with van der Waals surface area (Å²) < 4.78 is 19.7. The van der Waals surface area contributed by atoms with Crippen molar-refractivity contribution in [3.8, 4) is 0 Å². The van der Waals surface area contributed by atoms with Crippen LogP contribution in [-0.4, -0.2) is 63.9 Å². The summed E-state index contributed by atoms with van der Waals surface area (Å²) in [4.78, 5) is 52.8. The Labute approximate surface area is 239 Å². The van der Waals surface area contributed by atoms with E-state index < -0.39 is 12.0 Å². The van der Waals surface area contributed by atoms with Crippen LogP contribution in [0.3, 0.4) is 0 Å². The first-order valence-corrected chi connectivity index (χ1v) is 14.6. The second kappa shape index (κ2) is 12.8. The minimum atomic E-state index is -0.931. The van der Waals surface area contributed by atoms with E-state index in [0.717, 1.165) is 36.0 Å². The fourth-order valence-electron chi connectivity index (χ4n) is 6.37. The molecule has 2 aromatic carbocycles. The molecule has 0 aromatic heterocycles. The number of amides is 2. The maximum atomic E-state index is 13.9. The van der Waals surface area contributed by atoms with E-state index in [2.05, 4.69) is 0 Å². The molecule has 1 atom stereocenters. The van der Waals surface area contributed by atoms with Gasteiger partial charge in [-0.05, 0) is 79.2 Å². The normalized spacial score (nSPS) is 22.2.